The molecule has 0 radical (unpaired) electrons. The van der Waals surface area contributed by atoms with Gasteiger partial charge in [0.05, 0.1) is 12.6 Å². The normalized spacial score (nSPS) is 19.7. The number of carboxylic acid groups (broad SMARTS) is 1. The highest BCUT2D eigenvalue weighted by Crippen LogP contribution is 2.35. The Kier molecular flexibility index (Phi) is 8.36. The van der Waals surface area contributed by atoms with Gasteiger partial charge in [0.25, 0.3) is 5.91 Å². The summed E-state index contributed by atoms with van der Waals surface area (Å²) in [4.78, 5) is 24.1. The molecule has 2 aromatic rings. The van der Waals surface area contributed by atoms with E-state index < -0.39 is 5.97 Å². The van der Waals surface area contributed by atoms with E-state index in [1.807, 2.05) is 36.5 Å². The third-order valence-electron chi connectivity index (χ3n) is 6.53. The molecule has 4 rings (SSSR count). The Morgan fingerprint density at radius 2 is 1.94 bits per heavy atom. The molecule has 1 fully saturated rings. The van der Waals surface area contributed by atoms with Crippen molar-refractivity contribution in [2.75, 3.05) is 32.1 Å². The number of aliphatic carboxylic acids is 1. The van der Waals surface area contributed by atoms with Crippen molar-refractivity contribution in [2.24, 2.45) is 11.0 Å². The molecule has 0 aromatic heterocycles. The first-order valence-electron chi connectivity index (χ1n) is 12.2. The topological polar surface area (TPSA) is 100 Å². The van der Waals surface area contributed by atoms with E-state index >= 15 is 0 Å². The first-order valence-corrected chi connectivity index (χ1v) is 12.2. The molecular weight excluding hydrogens is 446 g/mol. The number of anilines is 1. The number of ether oxygens (including phenoxy) is 2. The Labute approximate surface area is 205 Å². The fraction of sp³-hybridized carbons (Fsp3) is 0.444. The van der Waals surface area contributed by atoms with Gasteiger partial charge < -0.3 is 19.9 Å². The van der Waals surface area contributed by atoms with Gasteiger partial charge in [-0.15, -0.1) is 0 Å². The molecule has 2 N–H and O–H groups in total. The maximum atomic E-state index is 12.8. The lowest BCUT2D eigenvalue weighted by Crippen LogP contribution is -2.35. The van der Waals surface area contributed by atoms with E-state index in [0.29, 0.717) is 36.4 Å². The van der Waals surface area contributed by atoms with E-state index in [2.05, 4.69) is 15.4 Å². The number of carbonyl (C=O) groups excluding carboxylic acids is 1. The number of rotatable bonds is 9. The lowest BCUT2D eigenvalue weighted by atomic mass is 9.86. The minimum atomic E-state index is -0.836. The van der Waals surface area contributed by atoms with Crippen molar-refractivity contribution in [3.05, 3.63) is 59.2 Å². The van der Waals surface area contributed by atoms with E-state index in [-0.39, 0.29) is 24.3 Å². The molecule has 0 saturated carbocycles. The van der Waals surface area contributed by atoms with Gasteiger partial charge in [-0.1, -0.05) is 18.2 Å². The zero-order valence-electron chi connectivity index (χ0n) is 20.1. The predicted molar refractivity (Wildman–Crippen MR) is 134 cm³/mol. The molecule has 1 amide bonds. The number of piperidine rings is 1. The predicted octanol–water partition coefficient (Wildman–Crippen LogP) is 4.19. The van der Waals surface area contributed by atoms with Gasteiger partial charge in [0, 0.05) is 56.5 Å². The van der Waals surface area contributed by atoms with Crippen LogP contribution in [0.4, 0.5) is 5.69 Å². The minimum Gasteiger partial charge on any atom is -0.490 e. The molecule has 2 aliphatic rings. The second-order valence-electron chi connectivity index (χ2n) is 9.16. The fourth-order valence-corrected chi connectivity index (χ4v) is 4.61. The van der Waals surface area contributed by atoms with Crippen LogP contribution in [0.5, 0.6) is 5.75 Å². The van der Waals surface area contributed by atoms with Crippen LogP contribution in [0.2, 0.25) is 0 Å². The average molecular weight is 480 g/mol. The van der Waals surface area contributed by atoms with Crippen LogP contribution >= 0.6 is 0 Å². The summed E-state index contributed by atoms with van der Waals surface area (Å²) < 4.78 is 11.3. The van der Waals surface area contributed by atoms with E-state index in [0.717, 1.165) is 24.2 Å². The maximum absolute atomic E-state index is 12.8. The van der Waals surface area contributed by atoms with Crippen molar-refractivity contribution in [3.8, 4) is 5.75 Å². The second kappa shape index (κ2) is 11.8. The Bertz CT molecular complexity index is 1050. The molecule has 1 saturated heterocycles. The molecule has 35 heavy (non-hydrogen) atoms. The third-order valence-corrected chi connectivity index (χ3v) is 6.53. The molecule has 2 unspecified atom stereocenters. The van der Waals surface area contributed by atoms with Crippen molar-refractivity contribution in [1.29, 1.82) is 0 Å². The molecule has 8 heteroatoms. The standard InChI is InChI=1S/C27H33N3O5/c1-34-14-11-24-22(16-26(31)32)15-21-9-10-23(17-25(21)35-24)29-27(33)20-7-5-19(6-8-20)18-28-30-12-3-2-4-13-30/h5-10,17-18,22,24H,2-4,11-16H2,1H3,(H,29,33)(H,31,32). The van der Waals surface area contributed by atoms with Crippen LogP contribution in [-0.4, -0.2) is 61.1 Å². The Morgan fingerprint density at radius 3 is 2.66 bits per heavy atom. The van der Waals surface area contributed by atoms with Gasteiger partial charge in [0.2, 0.25) is 0 Å². The van der Waals surface area contributed by atoms with Crippen molar-refractivity contribution in [3.63, 3.8) is 0 Å². The van der Waals surface area contributed by atoms with Crippen LogP contribution in [-0.2, 0) is 16.0 Å². The van der Waals surface area contributed by atoms with Crippen molar-refractivity contribution in [1.82, 2.24) is 5.01 Å². The Hall–Kier alpha value is -3.39. The highest BCUT2D eigenvalue weighted by molar-refractivity contribution is 6.04. The van der Waals surface area contributed by atoms with E-state index in [1.54, 1.807) is 19.2 Å². The van der Waals surface area contributed by atoms with Crippen LogP contribution in [0.25, 0.3) is 0 Å². The van der Waals surface area contributed by atoms with Crippen molar-refractivity contribution >= 4 is 23.8 Å². The number of benzene rings is 2. The molecule has 0 spiro atoms. The van der Waals surface area contributed by atoms with Gasteiger partial charge in [0.15, 0.2) is 0 Å². The number of nitrogens with one attached hydrogen (secondary N) is 1. The van der Waals surface area contributed by atoms with Gasteiger partial charge in [-0.3, -0.25) is 14.6 Å². The summed E-state index contributed by atoms with van der Waals surface area (Å²) in [5.41, 5.74) is 3.08. The SMILES string of the molecule is COCCC1Oc2cc(NC(=O)c3ccc(C=NN4CCCCC4)cc3)ccc2CC1CC(=O)O. The average Bonchev–Trinajstić information content (AvgIpc) is 2.87. The highest BCUT2D eigenvalue weighted by Gasteiger charge is 2.31. The fourth-order valence-electron chi connectivity index (χ4n) is 4.61. The summed E-state index contributed by atoms with van der Waals surface area (Å²) in [6.07, 6.45) is 6.50. The summed E-state index contributed by atoms with van der Waals surface area (Å²) in [6.45, 7) is 2.48. The largest absolute Gasteiger partial charge is 0.490 e. The van der Waals surface area contributed by atoms with E-state index in [1.165, 1.54) is 19.3 Å². The lowest BCUT2D eigenvalue weighted by Gasteiger charge is -2.33. The number of amides is 1. The first kappa shape index (κ1) is 24.7. The zero-order chi connectivity index (χ0) is 24.6. The molecule has 0 bridgehead atoms. The van der Waals surface area contributed by atoms with Crippen LogP contribution in [0.3, 0.4) is 0 Å². The number of carbonyl (C=O) groups is 2. The first-order chi connectivity index (χ1) is 17.0. The van der Waals surface area contributed by atoms with Crippen LogP contribution in [0, 0.1) is 5.92 Å². The number of hydrogen-bond acceptors (Lipinski definition) is 6. The molecule has 2 aromatic carbocycles. The summed E-state index contributed by atoms with van der Waals surface area (Å²) in [5, 5.41) is 18.8. The number of nitrogens with zero attached hydrogens (tertiary/aromatic N) is 2. The highest BCUT2D eigenvalue weighted by atomic mass is 16.5. The van der Waals surface area contributed by atoms with Crippen LogP contribution in [0.15, 0.2) is 47.6 Å². The van der Waals surface area contributed by atoms with Gasteiger partial charge in [-0.05, 0) is 55.0 Å². The van der Waals surface area contributed by atoms with Crippen molar-refractivity contribution < 1.29 is 24.2 Å². The maximum Gasteiger partial charge on any atom is 0.303 e. The molecule has 186 valence electrons. The van der Waals surface area contributed by atoms with E-state index in [4.69, 9.17) is 9.47 Å². The lowest BCUT2D eigenvalue weighted by molar-refractivity contribution is -0.139. The molecule has 8 nitrogen and oxygen atoms in total. The number of fused-ring (bicyclic) bond motifs is 1. The molecule has 2 heterocycles. The number of hydrogen-bond donors (Lipinski definition) is 2. The van der Waals surface area contributed by atoms with Gasteiger partial charge in [-0.25, -0.2) is 0 Å². The zero-order valence-corrected chi connectivity index (χ0v) is 20.1. The van der Waals surface area contributed by atoms with Gasteiger partial charge in [0.1, 0.15) is 11.9 Å². The summed E-state index contributed by atoms with van der Waals surface area (Å²) >= 11 is 0. The Balaban J connectivity index is 1.39. The van der Waals surface area contributed by atoms with Crippen molar-refractivity contribution in [2.45, 2.75) is 44.6 Å². The quantitative estimate of drug-likeness (QED) is 0.523. The summed E-state index contributed by atoms with van der Waals surface area (Å²) in [7, 11) is 1.62. The number of carboxylic acids is 1. The van der Waals surface area contributed by atoms with Gasteiger partial charge in [-0.2, -0.15) is 5.10 Å². The van der Waals surface area contributed by atoms with Crippen LogP contribution < -0.4 is 10.1 Å². The third kappa shape index (κ3) is 6.82. The summed E-state index contributed by atoms with van der Waals surface area (Å²) in [5.74, 6) is -0.487. The Morgan fingerprint density at radius 1 is 1.17 bits per heavy atom. The van der Waals surface area contributed by atoms with Crippen LogP contribution in [0.1, 0.15) is 53.6 Å². The summed E-state index contributed by atoms with van der Waals surface area (Å²) in [6, 6.07) is 12.9. The minimum absolute atomic E-state index is 0.0467. The number of hydrazone groups is 1. The monoisotopic (exact) mass is 479 g/mol. The smallest absolute Gasteiger partial charge is 0.303 e. The van der Waals surface area contributed by atoms with E-state index in [9.17, 15) is 14.7 Å². The molecule has 2 atom stereocenters. The molecule has 0 aliphatic carbocycles. The molecular formula is C27H33N3O5. The molecule has 2 aliphatic heterocycles. The van der Waals surface area contributed by atoms with Gasteiger partial charge >= 0.3 is 5.97 Å². The number of methoxy groups -OCH3 is 1. The second-order valence-corrected chi connectivity index (χ2v) is 9.16.